The maximum atomic E-state index is 10.9. The lowest BCUT2D eigenvalue weighted by atomic mass is 10.2. The van der Waals surface area contributed by atoms with Crippen LogP contribution in [0.25, 0.3) is 10.1 Å². The van der Waals surface area contributed by atoms with E-state index in [1.165, 1.54) is 0 Å². The van der Waals surface area contributed by atoms with Crippen LogP contribution in [-0.4, -0.2) is 20.9 Å². The van der Waals surface area contributed by atoms with Crippen molar-refractivity contribution in [2.75, 3.05) is 0 Å². The lowest BCUT2D eigenvalue weighted by Crippen LogP contribution is -2.05. The number of carboxylic acids is 1. The minimum atomic E-state index is -1.01. The van der Waals surface area contributed by atoms with Crippen molar-refractivity contribution in [1.82, 2.24) is 9.78 Å². The zero-order valence-electron chi connectivity index (χ0n) is 10.6. The highest BCUT2D eigenvalue weighted by atomic mass is 35.5. The first-order chi connectivity index (χ1) is 9.54. The van der Waals surface area contributed by atoms with Gasteiger partial charge in [0, 0.05) is 15.4 Å². The molecule has 0 aliphatic heterocycles. The van der Waals surface area contributed by atoms with Gasteiger partial charge >= 0.3 is 5.97 Å². The van der Waals surface area contributed by atoms with Crippen LogP contribution in [0.3, 0.4) is 0 Å². The standard InChI is InChI=1S/C14H11ClN2O2S/c1-8-4-12(14(18)19)16-17(8)6-9-7-20-13-3-2-10(15)5-11(9)13/h2-5,7H,6H2,1H3,(H,18,19). The monoisotopic (exact) mass is 306 g/mol. The number of carboxylic acid groups (broad SMARTS) is 1. The fraction of sp³-hybridized carbons (Fsp3) is 0.143. The summed E-state index contributed by atoms with van der Waals surface area (Å²) < 4.78 is 2.86. The second-order valence-electron chi connectivity index (χ2n) is 4.54. The molecular formula is C14H11ClN2O2S. The molecule has 20 heavy (non-hydrogen) atoms. The van der Waals surface area contributed by atoms with E-state index in [-0.39, 0.29) is 5.69 Å². The smallest absolute Gasteiger partial charge is 0.356 e. The van der Waals surface area contributed by atoms with E-state index in [0.717, 1.165) is 21.3 Å². The lowest BCUT2D eigenvalue weighted by molar-refractivity contribution is 0.0689. The topological polar surface area (TPSA) is 55.1 Å². The normalized spacial score (nSPS) is 11.1. The first-order valence-corrected chi connectivity index (χ1v) is 7.24. The van der Waals surface area contributed by atoms with Crippen molar-refractivity contribution >= 4 is 39.0 Å². The van der Waals surface area contributed by atoms with E-state index >= 15 is 0 Å². The van der Waals surface area contributed by atoms with Gasteiger partial charge in [-0.2, -0.15) is 5.10 Å². The van der Waals surface area contributed by atoms with Gasteiger partial charge in [-0.3, -0.25) is 4.68 Å². The molecule has 0 amide bonds. The molecule has 2 aromatic heterocycles. The molecule has 0 bridgehead atoms. The zero-order valence-corrected chi connectivity index (χ0v) is 12.2. The summed E-state index contributed by atoms with van der Waals surface area (Å²) >= 11 is 7.68. The second kappa shape index (κ2) is 4.92. The van der Waals surface area contributed by atoms with Crippen molar-refractivity contribution in [1.29, 1.82) is 0 Å². The van der Waals surface area contributed by atoms with E-state index in [0.29, 0.717) is 11.6 Å². The number of halogens is 1. The van der Waals surface area contributed by atoms with Gasteiger partial charge in [-0.25, -0.2) is 4.79 Å². The summed E-state index contributed by atoms with van der Waals surface area (Å²) in [5, 5.41) is 16.9. The first-order valence-electron chi connectivity index (χ1n) is 5.98. The number of hydrogen-bond acceptors (Lipinski definition) is 3. The van der Waals surface area contributed by atoms with E-state index in [4.69, 9.17) is 16.7 Å². The van der Waals surface area contributed by atoms with Gasteiger partial charge in [-0.1, -0.05) is 11.6 Å². The molecule has 0 saturated heterocycles. The summed E-state index contributed by atoms with van der Waals surface area (Å²) in [5.41, 5.74) is 1.99. The maximum Gasteiger partial charge on any atom is 0.356 e. The highest BCUT2D eigenvalue weighted by Crippen LogP contribution is 2.29. The molecule has 1 N–H and O–H groups in total. The molecule has 1 aromatic carbocycles. The number of aromatic nitrogens is 2. The molecule has 0 saturated carbocycles. The summed E-state index contributed by atoms with van der Waals surface area (Å²) in [6.45, 7) is 2.39. The van der Waals surface area contributed by atoms with Crippen LogP contribution in [0.2, 0.25) is 5.02 Å². The Bertz CT molecular complexity index is 807. The Morgan fingerprint density at radius 2 is 2.25 bits per heavy atom. The molecule has 0 fully saturated rings. The van der Waals surface area contributed by atoms with Crippen molar-refractivity contribution in [3.05, 3.63) is 51.6 Å². The number of aryl methyl sites for hydroxylation is 1. The molecule has 0 unspecified atom stereocenters. The number of thiophene rings is 1. The third-order valence-electron chi connectivity index (χ3n) is 3.14. The van der Waals surface area contributed by atoms with Crippen LogP contribution in [0, 0.1) is 6.92 Å². The number of carbonyl (C=O) groups is 1. The quantitative estimate of drug-likeness (QED) is 0.800. The van der Waals surface area contributed by atoms with Crippen LogP contribution in [0.5, 0.6) is 0 Å². The number of hydrogen-bond donors (Lipinski definition) is 1. The van der Waals surface area contributed by atoms with Crippen molar-refractivity contribution in [2.24, 2.45) is 0 Å². The second-order valence-corrected chi connectivity index (χ2v) is 5.88. The molecular weight excluding hydrogens is 296 g/mol. The van der Waals surface area contributed by atoms with Gasteiger partial charge in [0.05, 0.1) is 6.54 Å². The maximum absolute atomic E-state index is 10.9. The Morgan fingerprint density at radius 3 is 2.95 bits per heavy atom. The molecule has 0 atom stereocenters. The van der Waals surface area contributed by atoms with E-state index in [1.807, 2.05) is 25.1 Å². The third-order valence-corrected chi connectivity index (χ3v) is 4.38. The van der Waals surface area contributed by atoms with Crippen molar-refractivity contribution in [3.63, 3.8) is 0 Å². The molecule has 0 aliphatic carbocycles. The molecule has 3 aromatic rings. The van der Waals surface area contributed by atoms with Crippen LogP contribution in [0.1, 0.15) is 21.7 Å². The Hall–Kier alpha value is -1.85. The Morgan fingerprint density at radius 1 is 1.45 bits per heavy atom. The molecule has 0 spiro atoms. The summed E-state index contributed by atoms with van der Waals surface area (Å²) in [6.07, 6.45) is 0. The van der Waals surface area contributed by atoms with E-state index < -0.39 is 5.97 Å². The van der Waals surface area contributed by atoms with Gasteiger partial charge in [0.1, 0.15) is 0 Å². The fourth-order valence-corrected chi connectivity index (χ4v) is 3.22. The van der Waals surface area contributed by atoms with Crippen LogP contribution in [-0.2, 0) is 6.54 Å². The zero-order chi connectivity index (χ0) is 14.3. The third kappa shape index (κ3) is 2.30. The van der Waals surface area contributed by atoms with Crippen LogP contribution >= 0.6 is 22.9 Å². The summed E-state index contributed by atoms with van der Waals surface area (Å²) in [6, 6.07) is 7.36. The predicted molar refractivity (Wildman–Crippen MR) is 79.9 cm³/mol. The average Bonchev–Trinajstić information content (AvgIpc) is 2.95. The van der Waals surface area contributed by atoms with E-state index in [2.05, 4.69) is 10.5 Å². The average molecular weight is 307 g/mol. The minimum absolute atomic E-state index is 0.0695. The first kappa shape index (κ1) is 13.1. The molecule has 102 valence electrons. The van der Waals surface area contributed by atoms with Crippen LogP contribution in [0.4, 0.5) is 0 Å². The largest absolute Gasteiger partial charge is 0.476 e. The van der Waals surface area contributed by atoms with Gasteiger partial charge in [0.15, 0.2) is 5.69 Å². The van der Waals surface area contributed by atoms with Gasteiger partial charge in [-0.05, 0) is 47.5 Å². The SMILES string of the molecule is Cc1cc(C(=O)O)nn1Cc1csc2ccc(Cl)cc12. The number of nitrogens with zero attached hydrogens (tertiary/aromatic N) is 2. The number of aromatic carboxylic acids is 1. The van der Waals surface area contributed by atoms with Crippen LogP contribution in [0.15, 0.2) is 29.6 Å². The number of rotatable bonds is 3. The number of fused-ring (bicyclic) bond motifs is 1. The summed E-state index contributed by atoms with van der Waals surface area (Å²) in [4.78, 5) is 10.9. The molecule has 0 radical (unpaired) electrons. The van der Waals surface area contributed by atoms with Crippen molar-refractivity contribution in [3.8, 4) is 0 Å². The Kier molecular flexibility index (Phi) is 3.23. The molecule has 4 nitrogen and oxygen atoms in total. The van der Waals surface area contributed by atoms with Gasteiger partial charge in [0.25, 0.3) is 0 Å². The van der Waals surface area contributed by atoms with Crippen molar-refractivity contribution < 1.29 is 9.90 Å². The van der Waals surface area contributed by atoms with Crippen molar-refractivity contribution in [2.45, 2.75) is 13.5 Å². The fourth-order valence-electron chi connectivity index (χ4n) is 2.11. The van der Waals surface area contributed by atoms with Crippen LogP contribution < -0.4 is 0 Å². The summed E-state index contributed by atoms with van der Waals surface area (Å²) in [5.74, 6) is -1.01. The van der Waals surface area contributed by atoms with Gasteiger partial charge in [-0.15, -0.1) is 11.3 Å². The number of benzene rings is 1. The predicted octanol–water partition coefficient (Wildman–Crippen LogP) is 3.81. The van der Waals surface area contributed by atoms with Gasteiger partial charge < -0.3 is 5.11 Å². The molecule has 2 heterocycles. The van der Waals surface area contributed by atoms with E-state index in [9.17, 15) is 4.79 Å². The molecule has 3 rings (SSSR count). The summed E-state index contributed by atoms with van der Waals surface area (Å²) in [7, 11) is 0. The minimum Gasteiger partial charge on any atom is -0.476 e. The van der Waals surface area contributed by atoms with Gasteiger partial charge in [0.2, 0.25) is 0 Å². The lowest BCUT2D eigenvalue weighted by Gasteiger charge is -2.03. The van der Waals surface area contributed by atoms with E-state index in [1.54, 1.807) is 22.1 Å². The molecule has 0 aliphatic rings. The molecule has 6 heteroatoms. The Balaban J connectivity index is 2.01. The highest BCUT2D eigenvalue weighted by Gasteiger charge is 2.12. The Labute approximate surface area is 124 Å². The highest BCUT2D eigenvalue weighted by molar-refractivity contribution is 7.17.